The molecule has 442 valence electrons. The first kappa shape index (κ1) is 59.7. The van der Waals surface area contributed by atoms with Gasteiger partial charge in [0, 0.05) is 91.8 Å². The fourth-order valence-corrected chi connectivity index (χ4v) is 13.3. The van der Waals surface area contributed by atoms with Gasteiger partial charge in [0.05, 0.1) is 74.8 Å². The molecule has 2 aromatic carbocycles. The number of morpholine rings is 2. The van der Waals surface area contributed by atoms with E-state index in [1.165, 1.54) is 93.9 Å². The molecule has 8 aromatic rings. The number of ether oxygens (including phenoxy) is 2. The lowest BCUT2D eigenvalue weighted by atomic mass is 9.79. The first-order valence-electron chi connectivity index (χ1n) is 29.8. The maximum absolute atomic E-state index is 12.9. The van der Waals surface area contributed by atoms with E-state index in [1.807, 2.05) is 93.5 Å². The van der Waals surface area contributed by atoms with Gasteiger partial charge in [-0.05, 0) is 159 Å². The second kappa shape index (κ2) is 27.6. The molecule has 0 radical (unpaired) electrons. The molecule has 5 saturated heterocycles. The molecule has 0 spiro atoms. The van der Waals surface area contributed by atoms with Crippen molar-refractivity contribution in [3.05, 3.63) is 101 Å². The highest BCUT2D eigenvalue weighted by atomic mass is 35.5. The summed E-state index contributed by atoms with van der Waals surface area (Å²) < 4.78 is 24.9. The Kier molecular flexibility index (Phi) is 19.6. The van der Waals surface area contributed by atoms with Gasteiger partial charge in [0.15, 0.2) is 10.0 Å². The fraction of sp³-hybridized carbons (Fsp3) is 0.484. The van der Waals surface area contributed by atoms with Crippen molar-refractivity contribution in [2.45, 2.75) is 90.3 Å². The van der Waals surface area contributed by atoms with Crippen LogP contribution in [0.1, 0.15) is 98.7 Å². The minimum Gasteiger partial charge on any atom is -0.399 e. The highest BCUT2D eigenvalue weighted by Gasteiger charge is 2.51. The average molecular weight is 1200 g/mol. The minimum atomic E-state index is -0.412. The zero-order chi connectivity index (χ0) is 58.0. The first-order chi connectivity index (χ1) is 40.8. The van der Waals surface area contributed by atoms with Crippen LogP contribution >= 0.6 is 34.3 Å². The Morgan fingerprint density at radius 2 is 1.06 bits per heavy atom. The topological polar surface area (TPSA) is 185 Å². The largest absolute Gasteiger partial charge is 0.494 e. The zero-order valence-electron chi connectivity index (χ0n) is 48.7. The number of aromatic nitrogens is 6. The quantitative estimate of drug-likeness (QED) is 0.0595. The summed E-state index contributed by atoms with van der Waals surface area (Å²) >= 11 is 8.94. The van der Waals surface area contributed by atoms with Crippen molar-refractivity contribution in [3.63, 3.8) is 0 Å². The molecule has 5 aliphatic rings. The number of hydrogen-bond donors (Lipinski definition) is 2. The highest BCUT2D eigenvalue weighted by molar-refractivity contribution is 7.20. The number of nitrogens with one attached hydrogen (secondary N) is 2. The van der Waals surface area contributed by atoms with E-state index in [4.69, 9.17) is 35.4 Å². The van der Waals surface area contributed by atoms with E-state index in [2.05, 4.69) is 57.5 Å². The normalized spacial score (nSPS) is 18.4. The molecule has 2 N–H and O–H groups in total. The first-order valence-corrected chi connectivity index (χ1v) is 31.8. The van der Waals surface area contributed by atoms with Gasteiger partial charge in [0.2, 0.25) is 0 Å². The Balaban J connectivity index is 0.000000138. The summed E-state index contributed by atoms with van der Waals surface area (Å²) in [5.74, 6) is -0.0369. The Hall–Kier alpha value is -6.01. The number of thiazole rings is 2. The van der Waals surface area contributed by atoms with Gasteiger partial charge in [-0.1, -0.05) is 36.6 Å². The lowest BCUT2D eigenvalue weighted by Crippen LogP contribution is -2.41. The zero-order valence-corrected chi connectivity index (χ0v) is 51.1. The van der Waals surface area contributed by atoms with Crippen LogP contribution in [-0.2, 0) is 18.8 Å². The lowest BCUT2D eigenvalue weighted by molar-refractivity contribution is 0.00578. The summed E-state index contributed by atoms with van der Waals surface area (Å²) in [6.07, 6.45) is 17.6. The van der Waals surface area contributed by atoms with Crippen molar-refractivity contribution in [2.24, 2.45) is 0 Å². The number of pyridine rings is 4. The van der Waals surface area contributed by atoms with Crippen LogP contribution < -0.4 is 16.1 Å². The molecule has 13 rings (SSSR count). The van der Waals surface area contributed by atoms with E-state index in [9.17, 15) is 9.59 Å². The summed E-state index contributed by atoms with van der Waals surface area (Å²) in [6, 6.07) is 19.9. The summed E-state index contributed by atoms with van der Waals surface area (Å²) in [6.45, 7) is 22.1. The Morgan fingerprint density at radius 3 is 1.60 bits per heavy atom. The third-order valence-electron chi connectivity index (χ3n) is 16.6. The van der Waals surface area contributed by atoms with Gasteiger partial charge in [0.1, 0.15) is 5.15 Å². The Bertz CT molecular complexity index is 3530. The van der Waals surface area contributed by atoms with Gasteiger partial charge >= 0.3 is 7.12 Å². The molecule has 0 unspecified atom stereocenters. The van der Waals surface area contributed by atoms with Gasteiger partial charge in [-0.3, -0.25) is 19.6 Å². The van der Waals surface area contributed by atoms with E-state index in [1.54, 1.807) is 17.3 Å². The molecule has 0 bridgehead atoms. The standard InChI is InChI=1S/C28H32N6O2S.C18H23BN2O4S.C16H21ClN4/c35-28(34-13-15-36-16-14-34)27-32-23-6-5-20(17-26(23)37-27)24-18-25(21-19-29-9-7-22(21)31-24)30-8-4-12-33-10-2-1-3-11-33;1-17(2)18(3,4)25-19(24-17)12-5-6-13-14(11-12)26-15(20-13)16(22)21-7-9-23-10-8-21;17-16-11-15(13-12-18-7-5-14(13)20-16)19-6-4-10-21-8-2-1-3-9-21/h5-7,9,17-19H,1-4,8,10-16H2,(H,30,31);5-6,11H,7-10H2,1-4H3;5,7,11-12H,1-4,6,8-10H2,(H,19,20). The van der Waals surface area contributed by atoms with Crippen molar-refractivity contribution in [2.75, 3.05) is 116 Å². The lowest BCUT2D eigenvalue weighted by Gasteiger charge is -2.32. The second-order valence-electron chi connectivity index (χ2n) is 23.0. The van der Waals surface area contributed by atoms with Gasteiger partial charge in [-0.25, -0.2) is 19.9 Å². The number of likely N-dealkylation sites (tertiary alicyclic amines) is 2. The average Bonchev–Trinajstić information content (AvgIpc) is 3.39. The van der Waals surface area contributed by atoms with Crippen molar-refractivity contribution in [3.8, 4) is 11.3 Å². The Labute approximate surface area is 505 Å². The smallest absolute Gasteiger partial charge is 0.399 e. The number of halogens is 1. The molecule has 84 heavy (non-hydrogen) atoms. The number of hydrogen-bond acceptors (Lipinski definition) is 18. The molecular formula is C62H76BClN12O6S2. The van der Waals surface area contributed by atoms with Crippen LogP contribution in [0.5, 0.6) is 0 Å². The predicted molar refractivity (Wildman–Crippen MR) is 338 cm³/mol. The number of piperidine rings is 2. The van der Waals surface area contributed by atoms with E-state index < -0.39 is 7.12 Å². The van der Waals surface area contributed by atoms with Crippen molar-refractivity contribution in [1.82, 2.24) is 49.5 Å². The van der Waals surface area contributed by atoms with E-state index in [0.717, 1.165) is 103 Å². The second-order valence-corrected chi connectivity index (χ2v) is 25.5. The van der Waals surface area contributed by atoms with Gasteiger partial charge in [-0.2, -0.15) is 0 Å². The summed E-state index contributed by atoms with van der Waals surface area (Å²) in [7, 11) is -0.412. The molecule has 0 atom stereocenters. The van der Waals surface area contributed by atoms with E-state index in [-0.39, 0.29) is 23.0 Å². The van der Waals surface area contributed by atoms with E-state index in [0.29, 0.717) is 67.8 Å². The van der Waals surface area contributed by atoms with Crippen LogP contribution in [0.15, 0.2) is 85.5 Å². The van der Waals surface area contributed by atoms with Crippen LogP contribution in [0, 0.1) is 0 Å². The van der Waals surface area contributed by atoms with Crippen LogP contribution in [0.3, 0.4) is 0 Å². The minimum absolute atomic E-state index is 0.0154. The van der Waals surface area contributed by atoms with Crippen LogP contribution in [0.4, 0.5) is 11.4 Å². The van der Waals surface area contributed by atoms with Crippen molar-refractivity contribution in [1.29, 1.82) is 0 Å². The molecule has 11 heterocycles. The van der Waals surface area contributed by atoms with Gasteiger partial charge < -0.3 is 49.0 Å². The molecular weight excluding hydrogens is 1120 g/mol. The SMILES string of the molecule is CC1(C)OB(c2ccc3nc(C(=O)N4CCOCC4)sc3c2)OC1(C)C.Clc1cc(NCCCN2CCCCC2)c2cnccc2n1.O=C(c1nc2ccc(-c3cc(NCCCN4CCCCC4)c4cnccc4n3)cc2s1)N1CCOCC1. The molecule has 5 aliphatic heterocycles. The number of benzene rings is 2. The highest BCUT2D eigenvalue weighted by Crippen LogP contribution is 2.37. The fourth-order valence-electron chi connectivity index (χ4n) is 11.1. The number of anilines is 2. The number of amides is 2. The van der Waals surface area contributed by atoms with Crippen LogP contribution in [-0.4, -0.2) is 185 Å². The maximum Gasteiger partial charge on any atom is 0.494 e. The third kappa shape index (κ3) is 14.6. The van der Waals surface area contributed by atoms with Gasteiger partial charge in [-0.15, -0.1) is 22.7 Å². The number of nitrogens with zero attached hydrogens (tertiary/aromatic N) is 10. The summed E-state index contributed by atoms with van der Waals surface area (Å²) in [4.78, 5) is 61.2. The molecule has 5 fully saturated rings. The van der Waals surface area contributed by atoms with Crippen molar-refractivity contribution >= 4 is 112 Å². The number of carbonyl (C=O) groups excluding carboxylic acids is 2. The predicted octanol–water partition coefficient (Wildman–Crippen LogP) is 10.3. The molecule has 6 aromatic heterocycles. The number of carbonyl (C=O) groups is 2. The summed E-state index contributed by atoms with van der Waals surface area (Å²) in [5, 5.41) is 10.8. The number of fused-ring (bicyclic) bond motifs is 4. The maximum atomic E-state index is 12.9. The molecule has 18 nitrogen and oxygen atoms in total. The number of rotatable bonds is 14. The molecule has 0 aliphatic carbocycles. The van der Waals surface area contributed by atoms with Crippen LogP contribution in [0.25, 0.3) is 53.5 Å². The summed E-state index contributed by atoms with van der Waals surface area (Å²) in [5.41, 5.74) is 7.65. The Morgan fingerprint density at radius 1 is 0.571 bits per heavy atom. The molecule has 22 heteroatoms. The molecule has 0 saturated carbocycles. The van der Waals surface area contributed by atoms with Crippen LogP contribution in [0.2, 0.25) is 5.15 Å². The monoisotopic (exact) mass is 1190 g/mol. The van der Waals surface area contributed by atoms with Gasteiger partial charge in [0.25, 0.3) is 11.8 Å². The third-order valence-corrected chi connectivity index (χ3v) is 18.8. The van der Waals surface area contributed by atoms with Crippen molar-refractivity contribution < 1.29 is 28.4 Å². The van der Waals surface area contributed by atoms with E-state index >= 15 is 0 Å². The molecule has 2 amide bonds.